The topological polar surface area (TPSA) is 63.8 Å². The Morgan fingerprint density at radius 3 is 2.48 bits per heavy atom. The van der Waals surface area contributed by atoms with Crippen LogP contribution in [0.15, 0.2) is 85.2 Å². The molecule has 4 aromatic rings. The minimum Gasteiger partial charge on any atom is -0.487 e. The molecular weight excluding hydrogens is 531 g/mol. The lowest BCUT2D eigenvalue weighted by atomic mass is 10.2. The number of furan rings is 1. The van der Waals surface area contributed by atoms with Crippen LogP contribution in [0, 0.1) is 5.82 Å². The number of hydrogen-bond acceptors (Lipinski definition) is 4. The Kier molecular flexibility index (Phi) is 6.48. The number of ether oxygens (including phenoxy) is 1. The van der Waals surface area contributed by atoms with Gasteiger partial charge in [0.25, 0.3) is 0 Å². The highest BCUT2D eigenvalue weighted by molar-refractivity contribution is 9.11. The van der Waals surface area contributed by atoms with E-state index in [0.29, 0.717) is 26.9 Å². The zero-order valence-corrected chi connectivity index (χ0v) is 19.1. The number of nitrogens with one attached hydrogen (secondary N) is 1. The van der Waals surface area contributed by atoms with E-state index in [4.69, 9.17) is 9.15 Å². The van der Waals surface area contributed by atoms with Crippen molar-refractivity contribution in [2.45, 2.75) is 6.61 Å². The van der Waals surface area contributed by atoms with Crippen molar-refractivity contribution in [3.05, 3.63) is 98.4 Å². The molecule has 0 aliphatic heterocycles. The average molecular weight is 546 g/mol. The maximum atomic E-state index is 13.0. The van der Waals surface area contributed by atoms with Gasteiger partial charge in [-0.2, -0.15) is 5.10 Å². The number of carbonyl (C=O) groups is 1. The number of hydrogen-bond donors (Lipinski definition) is 1. The fourth-order valence-corrected chi connectivity index (χ4v) is 4.29. The van der Waals surface area contributed by atoms with Crippen molar-refractivity contribution in [1.82, 2.24) is 5.43 Å². The lowest BCUT2D eigenvalue weighted by Gasteiger charge is -2.11. The molecule has 0 radical (unpaired) electrons. The number of rotatable bonds is 6. The maximum Gasteiger partial charge on any atom is 0.307 e. The van der Waals surface area contributed by atoms with Crippen LogP contribution in [-0.2, 0) is 6.61 Å². The van der Waals surface area contributed by atoms with Crippen molar-refractivity contribution in [1.29, 1.82) is 0 Å². The van der Waals surface area contributed by atoms with E-state index in [1.165, 1.54) is 18.3 Å². The van der Waals surface area contributed by atoms with Gasteiger partial charge in [0.05, 0.1) is 15.2 Å². The van der Waals surface area contributed by atoms with Crippen molar-refractivity contribution in [2.75, 3.05) is 0 Å². The van der Waals surface area contributed by atoms with Crippen molar-refractivity contribution in [3.63, 3.8) is 0 Å². The third-order valence-electron chi connectivity index (χ3n) is 4.35. The van der Waals surface area contributed by atoms with Gasteiger partial charge < -0.3 is 9.15 Å². The molecule has 0 saturated heterocycles. The third-order valence-corrected chi connectivity index (χ3v) is 5.52. The molecule has 8 heteroatoms. The number of hydrazone groups is 1. The maximum absolute atomic E-state index is 13.0. The molecule has 0 fully saturated rings. The van der Waals surface area contributed by atoms with Crippen molar-refractivity contribution in [3.8, 4) is 5.75 Å². The summed E-state index contributed by atoms with van der Waals surface area (Å²) in [7, 11) is 0. The zero-order valence-electron chi connectivity index (χ0n) is 15.9. The second-order valence-corrected chi connectivity index (χ2v) is 8.29. The lowest BCUT2D eigenvalue weighted by Crippen LogP contribution is -2.16. The normalized spacial score (nSPS) is 11.2. The van der Waals surface area contributed by atoms with Crippen LogP contribution in [0.3, 0.4) is 0 Å². The Balaban J connectivity index is 1.40. The van der Waals surface area contributed by atoms with Gasteiger partial charge in [-0.3, -0.25) is 4.79 Å². The van der Waals surface area contributed by atoms with Crippen LogP contribution in [0.1, 0.15) is 21.7 Å². The smallest absolute Gasteiger partial charge is 0.307 e. The Morgan fingerprint density at radius 1 is 1.06 bits per heavy atom. The highest BCUT2D eigenvalue weighted by atomic mass is 79.9. The predicted octanol–water partition coefficient (Wildman–Crippen LogP) is 6.44. The number of benzene rings is 3. The van der Waals surface area contributed by atoms with Crippen LogP contribution in [0.25, 0.3) is 11.0 Å². The standard InChI is InChI=1S/C23H15Br2FN2O3/c24-18-9-15(10-19(25)22(18)30-13-14-5-7-17(26)8-6-14)12-27-28-23(29)21-11-16-3-1-2-4-20(16)31-21/h1-12H,13H2,(H,28,29)/b27-12+. The van der Waals surface area contributed by atoms with E-state index in [9.17, 15) is 9.18 Å². The average Bonchev–Trinajstić information content (AvgIpc) is 3.19. The minimum atomic E-state index is -0.440. The first-order chi connectivity index (χ1) is 15.0. The highest BCUT2D eigenvalue weighted by Crippen LogP contribution is 2.35. The number of carbonyl (C=O) groups excluding carboxylic acids is 1. The van der Waals surface area contributed by atoms with Gasteiger partial charge in [0.2, 0.25) is 0 Å². The molecule has 5 nitrogen and oxygen atoms in total. The lowest BCUT2D eigenvalue weighted by molar-refractivity contribution is 0.0929. The summed E-state index contributed by atoms with van der Waals surface area (Å²) >= 11 is 6.96. The summed E-state index contributed by atoms with van der Waals surface area (Å²) in [6.45, 7) is 0.290. The Labute approximate surface area is 194 Å². The van der Waals surface area contributed by atoms with Crippen LogP contribution < -0.4 is 10.2 Å². The molecular formula is C23H15Br2FN2O3. The van der Waals surface area contributed by atoms with Gasteiger partial charge in [-0.15, -0.1) is 0 Å². The van der Waals surface area contributed by atoms with E-state index in [1.54, 1.807) is 24.3 Å². The Hall–Kier alpha value is -2.97. The predicted molar refractivity (Wildman–Crippen MR) is 124 cm³/mol. The molecule has 0 aliphatic rings. The van der Waals surface area contributed by atoms with Crippen molar-refractivity contribution < 1.29 is 18.3 Å². The molecule has 4 rings (SSSR count). The number of para-hydroxylation sites is 1. The second kappa shape index (κ2) is 9.45. The van der Waals surface area contributed by atoms with Gasteiger partial charge in [0, 0.05) is 5.39 Å². The molecule has 31 heavy (non-hydrogen) atoms. The Bertz CT molecular complexity index is 1210. The summed E-state index contributed by atoms with van der Waals surface area (Å²) in [5.41, 5.74) is 4.68. The molecule has 156 valence electrons. The SMILES string of the molecule is O=C(N/N=C/c1cc(Br)c(OCc2ccc(F)cc2)c(Br)c1)c1cc2ccccc2o1. The monoisotopic (exact) mass is 544 g/mol. The van der Waals surface area contributed by atoms with Gasteiger partial charge in [-0.1, -0.05) is 30.3 Å². The summed E-state index contributed by atoms with van der Waals surface area (Å²) in [6.07, 6.45) is 1.51. The molecule has 1 amide bonds. The molecule has 0 atom stereocenters. The zero-order chi connectivity index (χ0) is 21.8. The molecule has 1 aromatic heterocycles. The van der Waals surface area contributed by atoms with Crippen LogP contribution in [-0.4, -0.2) is 12.1 Å². The van der Waals surface area contributed by atoms with Gasteiger partial charge in [-0.25, -0.2) is 9.82 Å². The van der Waals surface area contributed by atoms with Gasteiger partial charge in [-0.05, 0) is 79.4 Å². The quantitative estimate of drug-likeness (QED) is 0.224. The van der Waals surface area contributed by atoms with E-state index in [1.807, 2.05) is 30.3 Å². The van der Waals surface area contributed by atoms with E-state index < -0.39 is 5.91 Å². The summed E-state index contributed by atoms with van der Waals surface area (Å²) < 4.78 is 25.8. The third kappa shape index (κ3) is 5.21. The van der Waals surface area contributed by atoms with Crippen LogP contribution >= 0.6 is 31.9 Å². The van der Waals surface area contributed by atoms with E-state index in [0.717, 1.165) is 16.5 Å². The van der Waals surface area contributed by atoms with E-state index >= 15 is 0 Å². The molecule has 3 aromatic carbocycles. The fraction of sp³-hybridized carbons (Fsp3) is 0.0435. The minimum absolute atomic E-state index is 0.185. The molecule has 0 spiro atoms. The molecule has 0 unspecified atom stereocenters. The fourth-order valence-electron chi connectivity index (χ4n) is 2.84. The first-order valence-corrected chi connectivity index (χ1v) is 10.8. The van der Waals surface area contributed by atoms with Gasteiger partial charge >= 0.3 is 5.91 Å². The number of amides is 1. The Morgan fingerprint density at radius 2 is 1.77 bits per heavy atom. The molecule has 0 bridgehead atoms. The molecule has 0 saturated carbocycles. The van der Waals surface area contributed by atoms with Gasteiger partial charge in [0.15, 0.2) is 5.76 Å². The molecule has 0 aliphatic carbocycles. The first kappa shape index (κ1) is 21.3. The number of fused-ring (bicyclic) bond motifs is 1. The first-order valence-electron chi connectivity index (χ1n) is 9.18. The van der Waals surface area contributed by atoms with Gasteiger partial charge in [0.1, 0.15) is 23.8 Å². The van der Waals surface area contributed by atoms with Crippen LogP contribution in [0.5, 0.6) is 5.75 Å². The van der Waals surface area contributed by atoms with E-state index in [2.05, 4.69) is 42.4 Å². The summed E-state index contributed by atoms with van der Waals surface area (Å²) in [6, 6.07) is 18.8. The number of halogens is 3. The summed E-state index contributed by atoms with van der Waals surface area (Å²) in [5, 5.41) is 4.85. The summed E-state index contributed by atoms with van der Waals surface area (Å²) in [4.78, 5) is 12.3. The summed E-state index contributed by atoms with van der Waals surface area (Å²) in [5.74, 6) is 0.0602. The van der Waals surface area contributed by atoms with E-state index in [-0.39, 0.29) is 11.6 Å². The molecule has 1 heterocycles. The van der Waals surface area contributed by atoms with Crippen molar-refractivity contribution in [2.24, 2.45) is 5.10 Å². The molecule has 1 N–H and O–H groups in total. The van der Waals surface area contributed by atoms with Crippen LogP contribution in [0.2, 0.25) is 0 Å². The largest absolute Gasteiger partial charge is 0.487 e. The highest BCUT2D eigenvalue weighted by Gasteiger charge is 2.12. The van der Waals surface area contributed by atoms with Crippen LogP contribution in [0.4, 0.5) is 4.39 Å². The second-order valence-electron chi connectivity index (χ2n) is 6.58. The van der Waals surface area contributed by atoms with Crippen molar-refractivity contribution >= 4 is 55.0 Å². The number of nitrogens with zero attached hydrogens (tertiary/aromatic N) is 1.